The van der Waals surface area contributed by atoms with Gasteiger partial charge in [0.25, 0.3) is 0 Å². The summed E-state index contributed by atoms with van der Waals surface area (Å²) in [5.41, 5.74) is 1.82. The Kier molecular flexibility index (Phi) is 6.89. The van der Waals surface area contributed by atoms with Crippen LogP contribution in [0.3, 0.4) is 0 Å². The molecule has 0 radical (unpaired) electrons. The zero-order valence-corrected chi connectivity index (χ0v) is 17.7. The minimum absolute atomic E-state index is 0.0964. The molecule has 3 rings (SSSR count). The Morgan fingerprint density at radius 1 is 1.10 bits per heavy atom. The van der Waals surface area contributed by atoms with Gasteiger partial charge in [-0.1, -0.05) is 42.3 Å². The Morgan fingerprint density at radius 2 is 1.90 bits per heavy atom. The SMILES string of the molecule is CC(CC#N)CCC(C)Nc1ncnc2c(F)ccc(-c3ccc(Cl)c(Cl)c3)c12. The van der Waals surface area contributed by atoms with E-state index in [2.05, 4.69) is 28.3 Å². The first-order valence-electron chi connectivity index (χ1n) is 9.42. The van der Waals surface area contributed by atoms with Crippen LogP contribution in [0, 0.1) is 23.1 Å². The number of hydrogen-bond acceptors (Lipinski definition) is 4. The smallest absolute Gasteiger partial charge is 0.149 e. The molecule has 0 aliphatic rings. The van der Waals surface area contributed by atoms with Gasteiger partial charge in [0, 0.05) is 12.5 Å². The molecule has 2 unspecified atom stereocenters. The molecule has 2 atom stereocenters. The summed E-state index contributed by atoms with van der Waals surface area (Å²) in [5, 5.41) is 13.7. The first kappa shape index (κ1) is 21.3. The fourth-order valence-electron chi connectivity index (χ4n) is 3.25. The second kappa shape index (κ2) is 9.39. The maximum atomic E-state index is 14.5. The second-order valence-electron chi connectivity index (χ2n) is 7.26. The lowest BCUT2D eigenvalue weighted by atomic mass is 9.98. The van der Waals surface area contributed by atoms with E-state index in [0.717, 1.165) is 24.0 Å². The van der Waals surface area contributed by atoms with Gasteiger partial charge in [-0.25, -0.2) is 14.4 Å². The third-order valence-electron chi connectivity index (χ3n) is 4.89. The summed E-state index contributed by atoms with van der Waals surface area (Å²) in [7, 11) is 0. The molecule has 1 heterocycles. The highest BCUT2D eigenvalue weighted by atomic mass is 35.5. The molecule has 0 aliphatic carbocycles. The van der Waals surface area contributed by atoms with E-state index in [9.17, 15) is 4.39 Å². The van der Waals surface area contributed by atoms with Crippen molar-refractivity contribution in [3.63, 3.8) is 0 Å². The molecule has 1 N–H and O–H groups in total. The van der Waals surface area contributed by atoms with E-state index < -0.39 is 5.82 Å². The minimum atomic E-state index is -0.412. The number of fused-ring (bicyclic) bond motifs is 1. The number of nitriles is 1. The van der Waals surface area contributed by atoms with E-state index in [0.29, 0.717) is 33.6 Å². The summed E-state index contributed by atoms with van der Waals surface area (Å²) in [5.74, 6) is 0.483. The van der Waals surface area contributed by atoms with Gasteiger partial charge in [0.1, 0.15) is 23.5 Å². The second-order valence-corrected chi connectivity index (χ2v) is 8.07. The van der Waals surface area contributed by atoms with E-state index in [1.54, 1.807) is 18.2 Å². The molecule has 0 aliphatic heterocycles. The van der Waals surface area contributed by atoms with Crippen LogP contribution >= 0.6 is 23.2 Å². The number of hydrogen-bond donors (Lipinski definition) is 1. The number of halogens is 3. The number of aromatic nitrogens is 2. The lowest BCUT2D eigenvalue weighted by molar-refractivity contribution is 0.498. The molecule has 7 heteroatoms. The molecule has 4 nitrogen and oxygen atoms in total. The van der Waals surface area contributed by atoms with Gasteiger partial charge in [-0.3, -0.25) is 0 Å². The average molecular weight is 431 g/mol. The van der Waals surface area contributed by atoms with Gasteiger partial charge < -0.3 is 5.32 Å². The van der Waals surface area contributed by atoms with Crippen LogP contribution < -0.4 is 5.32 Å². The van der Waals surface area contributed by atoms with Crippen molar-refractivity contribution >= 4 is 39.9 Å². The highest BCUT2D eigenvalue weighted by Crippen LogP contribution is 2.36. The molecule has 150 valence electrons. The number of rotatable bonds is 7. The van der Waals surface area contributed by atoms with Crippen LogP contribution in [-0.2, 0) is 0 Å². The average Bonchev–Trinajstić information content (AvgIpc) is 2.70. The Morgan fingerprint density at radius 3 is 2.62 bits per heavy atom. The summed E-state index contributed by atoms with van der Waals surface area (Å²) in [6, 6.07) is 10.7. The van der Waals surface area contributed by atoms with E-state index >= 15 is 0 Å². The normalized spacial score (nSPS) is 13.1. The highest BCUT2D eigenvalue weighted by molar-refractivity contribution is 6.42. The van der Waals surface area contributed by atoms with Crippen LogP contribution in [0.1, 0.15) is 33.1 Å². The number of benzene rings is 2. The summed E-state index contributed by atoms with van der Waals surface area (Å²) in [6.07, 6.45) is 3.68. The maximum absolute atomic E-state index is 14.5. The molecule has 0 bridgehead atoms. The van der Waals surface area contributed by atoms with Crippen LogP contribution in [0.2, 0.25) is 10.0 Å². The van der Waals surface area contributed by atoms with Gasteiger partial charge in [-0.05, 0) is 55.0 Å². The first-order valence-corrected chi connectivity index (χ1v) is 10.2. The van der Waals surface area contributed by atoms with Crippen LogP contribution in [0.4, 0.5) is 10.2 Å². The highest BCUT2D eigenvalue weighted by Gasteiger charge is 2.16. The summed E-state index contributed by atoms with van der Waals surface area (Å²) >= 11 is 12.2. The van der Waals surface area contributed by atoms with Crippen LogP contribution in [-0.4, -0.2) is 16.0 Å². The van der Waals surface area contributed by atoms with Crippen LogP contribution in [0.25, 0.3) is 22.0 Å². The van der Waals surface area contributed by atoms with Gasteiger partial charge in [0.15, 0.2) is 0 Å². The Balaban J connectivity index is 1.99. The third-order valence-corrected chi connectivity index (χ3v) is 5.62. The van der Waals surface area contributed by atoms with Gasteiger partial charge in [0.2, 0.25) is 0 Å². The van der Waals surface area contributed by atoms with E-state index in [-0.39, 0.29) is 11.6 Å². The van der Waals surface area contributed by atoms with Crippen molar-refractivity contribution in [3.8, 4) is 17.2 Å². The molecule has 0 spiro atoms. The fraction of sp³-hybridized carbons (Fsp3) is 0.318. The van der Waals surface area contributed by atoms with E-state index in [1.165, 1.54) is 12.4 Å². The van der Waals surface area contributed by atoms with E-state index in [1.807, 2.05) is 13.0 Å². The monoisotopic (exact) mass is 430 g/mol. The van der Waals surface area contributed by atoms with Crippen molar-refractivity contribution < 1.29 is 4.39 Å². The molecular formula is C22H21Cl2FN4. The van der Waals surface area contributed by atoms with Crippen LogP contribution in [0.5, 0.6) is 0 Å². The van der Waals surface area contributed by atoms with E-state index in [4.69, 9.17) is 28.5 Å². The van der Waals surface area contributed by atoms with Crippen LogP contribution in [0.15, 0.2) is 36.7 Å². The number of nitrogens with one attached hydrogen (secondary N) is 1. The van der Waals surface area contributed by atoms with Gasteiger partial charge in [-0.2, -0.15) is 5.26 Å². The van der Waals surface area contributed by atoms with Crippen molar-refractivity contribution in [1.29, 1.82) is 5.26 Å². The zero-order valence-electron chi connectivity index (χ0n) is 16.2. The Hall–Kier alpha value is -2.42. The van der Waals surface area contributed by atoms with Gasteiger partial charge >= 0.3 is 0 Å². The minimum Gasteiger partial charge on any atom is -0.367 e. The summed E-state index contributed by atoms with van der Waals surface area (Å²) < 4.78 is 14.5. The molecule has 2 aromatic carbocycles. The van der Waals surface area contributed by atoms with Crippen molar-refractivity contribution in [2.24, 2.45) is 5.92 Å². The molecule has 0 amide bonds. The van der Waals surface area contributed by atoms with Gasteiger partial charge in [0.05, 0.1) is 21.5 Å². The molecule has 0 fully saturated rings. The molecule has 29 heavy (non-hydrogen) atoms. The molecule has 3 aromatic rings. The molecule has 1 aromatic heterocycles. The van der Waals surface area contributed by atoms with Crippen molar-refractivity contribution in [2.75, 3.05) is 5.32 Å². The number of nitrogens with zero attached hydrogens (tertiary/aromatic N) is 3. The molecular weight excluding hydrogens is 410 g/mol. The topological polar surface area (TPSA) is 61.6 Å². The predicted molar refractivity (Wildman–Crippen MR) is 117 cm³/mol. The predicted octanol–water partition coefficient (Wildman–Crippen LogP) is 6.87. The Bertz CT molecular complexity index is 1060. The summed E-state index contributed by atoms with van der Waals surface area (Å²) in [6.45, 7) is 4.11. The largest absolute Gasteiger partial charge is 0.367 e. The van der Waals surface area contributed by atoms with Crippen molar-refractivity contribution in [3.05, 3.63) is 52.5 Å². The third kappa shape index (κ3) is 4.95. The lowest BCUT2D eigenvalue weighted by Gasteiger charge is -2.19. The molecule has 0 saturated carbocycles. The first-order chi connectivity index (χ1) is 13.9. The Labute approximate surface area is 179 Å². The number of anilines is 1. The summed E-state index contributed by atoms with van der Waals surface area (Å²) in [4.78, 5) is 8.53. The maximum Gasteiger partial charge on any atom is 0.149 e. The standard InChI is InChI=1S/C22H21Cl2FN4/c1-13(9-10-26)3-4-14(2)29-22-20-16(15-5-7-17(23)18(24)11-15)6-8-19(25)21(20)27-12-28-22/h5-8,11-14H,3-4,9H2,1-2H3,(H,27,28,29). The zero-order chi connectivity index (χ0) is 21.0. The van der Waals surface area contributed by atoms with Crippen molar-refractivity contribution in [1.82, 2.24) is 9.97 Å². The molecule has 0 saturated heterocycles. The lowest BCUT2D eigenvalue weighted by Crippen LogP contribution is -2.17. The quantitative estimate of drug-likeness (QED) is 0.443. The van der Waals surface area contributed by atoms with Crippen molar-refractivity contribution in [2.45, 2.75) is 39.2 Å². The van der Waals surface area contributed by atoms with Gasteiger partial charge in [-0.15, -0.1) is 0 Å². The fourth-order valence-corrected chi connectivity index (χ4v) is 3.55.